The molecule has 1 heterocycles. The quantitative estimate of drug-likeness (QED) is 0.384. The summed E-state index contributed by atoms with van der Waals surface area (Å²) in [6.07, 6.45) is 3.17. The van der Waals surface area contributed by atoms with E-state index in [1.54, 1.807) is 6.92 Å². The van der Waals surface area contributed by atoms with Crippen molar-refractivity contribution >= 4 is 5.97 Å². The molecule has 0 aromatic carbocycles. The van der Waals surface area contributed by atoms with Crippen LogP contribution in [-0.4, -0.2) is 23.8 Å². The van der Waals surface area contributed by atoms with Gasteiger partial charge in [0.2, 0.25) is 0 Å². The van der Waals surface area contributed by atoms with Crippen LogP contribution in [0.2, 0.25) is 0 Å². The van der Waals surface area contributed by atoms with Crippen LogP contribution in [0.25, 0.3) is 0 Å². The Morgan fingerprint density at radius 1 is 1.57 bits per heavy atom. The van der Waals surface area contributed by atoms with E-state index in [2.05, 4.69) is 13.5 Å². The van der Waals surface area contributed by atoms with Crippen LogP contribution in [0.1, 0.15) is 33.1 Å². The Balaban J connectivity index is 1.87. The highest BCUT2D eigenvalue weighted by molar-refractivity contribution is 5.87. The van der Waals surface area contributed by atoms with Gasteiger partial charge in [0, 0.05) is 12.0 Å². The van der Waals surface area contributed by atoms with E-state index in [0.717, 1.165) is 19.3 Å². The summed E-state index contributed by atoms with van der Waals surface area (Å²) in [5.41, 5.74) is 0.451. The largest absolute Gasteiger partial charge is 0.459 e. The van der Waals surface area contributed by atoms with Crippen molar-refractivity contribution in [2.24, 2.45) is 0 Å². The molecular formula is C11H16O3. The fourth-order valence-electron chi connectivity index (χ4n) is 2.08. The molecule has 1 aliphatic heterocycles. The molecule has 1 saturated heterocycles. The second-order valence-corrected chi connectivity index (χ2v) is 4.51. The number of rotatable bonds is 2. The van der Waals surface area contributed by atoms with Crippen LogP contribution in [0, 0.1) is 0 Å². The summed E-state index contributed by atoms with van der Waals surface area (Å²) >= 11 is 0. The van der Waals surface area contributed by atoms with E-state index in [1.165, 1.54) is 0 Å². The average Bonchev–Trinajstić information content (AvgIpc) is 2.75. The fraction of sp³-hybridized carbons (Fsp3) is 0.727. The maximum atomic E-state index is 11.3. The molecule has 78 valence electrons. The fourth-order valence-corrected chi connectivity index (χ4v) is 2.08. The van der Waals surface area contributed by atoms with Gasteiger partial charge in [-0.1, -0.05) is 6.58 Å². The van der Waals surface area contributed by atoms with Gasteiger partial charge in [0.1, 0.15) is 6.10 Å². The maximum Gasteiger partial charge on any atom is 0.333 e. The molecule has 3 nitrogen and oxygen atoms in total. The van der Waals surface area contributed by atoms with Crippen molar-refractivity contribution in [2.75, 3.05) is 0 Å². The molecule has 0 bridgehead atoms. The van der Waals surface area contributed by atoms with Crippen molar-refractivity contribution in [3.8, 4) is 0 Å². The summed E-state index contributed by atoms with van der Waals surface area (Å²) in [6.45, 7) is 7.31. The Morgan fingerprint density at radius 2 is 2.29 bits per heavy atom. The first kappa shape index (κ1) is 9.71. The van der Waals surface area contributed by atoms with E-state index in [4.69, 9.17) is 9.47 Å². The Hall–Kier alpha value is -0.830. The summed E-state index contributed by atoms with van der Waals surface area (Å²) < 4.78 is 10.8. The molecule has 1 saturated carbocycles. The van der Waals surface area contributed by atoms with E-state index in [-0.39, 0.29) is 17.7 Å². The molecule has 0 amide bonds. The maximum absolute atomic E-state index is 11.3. The number of ether oxygens (including phenoxy) is 2. The minimum atomic E-state index is -0.280. The van der Waals surface area contributed by atoms with E-state index in [9.17, 15) is 4.79 Å². The zero-order valence-corrected chi connectivity index (χ0v) is 8.71. The topological polar surface area (TPSA) is 38.8 Å². The molecule has 0 radical (unpaired) electrons. The van der Waals surface area contributed by atoms with Crippen molar-refractivity contribution in [3.05, 3.63) is 12.2 Å². The standard InChI is InChI=1S/C11H16O3/c1-7(2)10(12)13-8-4-5-9-11(3,6-8)14-9/h8-9H,1,4-6H2,2-3H3. The first-order valence-electron chi connectivity index (χ1n) is 5.05. The van der Waals surface area contributed by atoms with Crippen molar-refractivity contribution in [1.82, 2.24) is 0 Å². The molecule has 2 aliphatic rings. The van der Waals surface area contributed by atoms with E-state index in [1.807, 2.05) is 0 Å². The van der Waals surface area contributed by atoms with Gasteiger partial charge in [-0.15, -0.1) is 0 Å². The first-order chi connectivity index (χ1) is 6.51. The molecule has 3 heteroatoms. The average molecular weight is 196 g/mol. The van der Waals surface area contributed by atoms with Gasteiger partial charge in [0.05, 0.1) is 11.7 Å². The number of hydrogen-bond acceptors (Lipinski definition) is 3. The van der Waals surface area contributed by atoms with Crippen LogP contribution >= 0.6 is 0 Å². The zero-order chi connectivity index (χ0) is 10.3. The van der Waals surface area contributed by atoms with Crippen molar-refractivity contribution < 1.29 is 14.3 Å². The van der Waals surface area contributed by atoms with Crippen LogP contribution in [0.5, 0.6) is 0 Å². The second-order valence-electron chi connectivity index (χ2n) is 4.51. The number of fused-ring (bicyclic) bond motifs is 1. The lowest BCUT2D eigenvalue weighted by atomic mass is 9.88. The summed E-state index contributed by atoms with van der Waals surface area (Å²) in [5, 5.41) is 0. The monoisotopic (exact) mass is 196 g/mol. The Morgan fingerprint density at radius 3 is 2.86 bits per heavy atom. The molecule has 3 unspecified atom stereocenters. The van der Waals surface area contributed by atoms with Gasteiger partial charge < -0.3 is 9.47 Å². The van der Waals surface area contributed by atoms with E-state index >= 15 is 0 Å². The van der Waals surface area contributed by atoms with Gasteiger partial charge in [-0.2, -0.15) is 0 Å². The van der Waals surface area contributed by atoms with Gasteiger partial charge in [0.25, 0.3) is 0 Å². The third kappa shape index (κ3) is 1.69. The molecule has 2 fully saturated rings. The third-order valence-corrected chi connectivity index (χ3v) is 3.04. The Kier molecular flexibility index (Phi) is 2.14. The van der Waals surface area contributed by atoms with Gasteiger partial charge in [-0.05, 0) is 26.7 Å². The van der Waals surface area contributed by atoms with Gasteiger partial charge in [-0.3, -0.25) is 0 Å². The first-order valence-corrected chi connectivity index (χ1v) is 5.05. The predicted molar refractivity (Wildman–Crippen MR) is 51.8 cm³/mol. The number of carbonyl (C=O) groups is 1. The highest BCUT2D eigenvalue weighted by atomic mass is 16.6. The SMILES string of the molecule is C=C(C)C(=O)OC1CCC2OC2(C)C1. The molecule has 1 aliphatic carbocycles. The van der Waals surface area contributed by atoms with Gasteiger partial charge in [0.15, 0.2) is 0 Å². The summed E-state index contributed by atoms with van der Waals surface area (Å²) in [6, 6.07) is 0. The second kappa shape index (κ2) is 3.09. The number of epoxide rings is 1. The van der Waals surface area contributed by atoms with Crippen LogP contribution in [0.15, 0.2) is 12.2 Å². The molecule has 14 heavy (non-hydrogen) atoms. The summed E-state index contributed by atoms with van der Waals surface area (Å²) in [7, 11) is 0. The van der Waals surface area contributed by atoms with E-state index in [0.29, 0.717) is 11.7 Å². The van der Waals surface area contributed by atoms with Gasteiger partial charge in [-0.25, -0.2) is 4.79 Å². The smallest absolute Gasteiger partial charge is 0.333 e. The molecule has 3 atom stereocenters. The van der Waals surface area contributed by atoms with Crippen molar-refractivity contribution in [2.45, 2.75) is 50.9 Å². The van der Waals surface area contributed by atoms with E-state index < -0.39 is 0 Å². The molecule has 0 aromatic heterocycles. The Bertz CT molecular complexity index is 284. The van der Waals surface area contributed by atoms with Crippen molar-refractivity contribution in [3.63, 3.8) is 0 Å². The number of esters is 1. The zero-order valence-electron chi connectivity index (χ0n) is 8.71. The molecule has 0 spiro atoms. The van der Waals surface area contributed by atoms with Gasteiger partial charge >= 0.3 is 5.97 Å². The minimum Gasteiger partial charge on any atom is -0.459 e. The van der Waals surface area contributed by atoms with Crippen LogP contribution in [0.4, 0.5) is 0 Å². The highest BCUT2D eigenvalue weighted by Crippen LogP contribution is 2.47. The third-order valence-electron chi connectivity index (χ3n) is 3.04. The molecular weight excluding hydrogens is 180 g/mol. The summed E-state index contributed by atoms with van der Waals surface area (Å²) in [4.78, 5) is 11.3. The number of carbonyl (C=O) groups excluding carboxylic acids is 1. The van der Waals surface area contributed by atoms with Crippen LogP contribution in [-0.2, 0) is 14.3 Å². The predicted octanol–water partition coefficient (Wildman–Crippen LogP) is 1.82. The van der Waals surface area contributed by atoms with Crippen molar-refractivity contribution in [1.29, 1.82) is 0 Å². The Labute approximate surface area is 84.1 Å². The normalized spacial score (nSPS) is 39.9. The minimum absolute atomic E-state index is 0.0156. The lowest BCUT2D eigenvalue weighted by Crippen LogP contribution is -2.30. The number of hydrogen-bond donors (Lipinski definition) is 0. The molecule has 0 aromatic rings. The lowest BCUT2D eigenvalue weighted by molar-refractivity contribution is -0.145. The van der Waals surface area contributed by atoms with Crippen LogP contribution < -0.4 is 0 Å². The summed E-state index contributed by atoms with van der Waals surface area (Å²) in [5.74, 6) is -0.280. The molecule has 0 N–H and O–H groups in total. The van der Waals surface area contributed by atoms with Crippen LogP contribution in [0.3, 0.4) is 0 Å². The highest BCUT2D eigenvalue weighted by Gasteiger charge is 2.56. The molecule has 2 rings (SSSR count). The lowest BCUT2D eigenvalue weighted by Gasteiger charge is -2.23.